The maximum Gasteiger partial charge on any atom is 0.166 e. The van der Waals surface area contributed by atoms with Crippen molar-refractivity contribution in [1.82, 2.24) is 24.1 Å². The van der Waals surface area contributed by atoms with Crippen molar-refractivity contribution < 1.29 is 0 Å². The van der Waals surface area contributed by atoms with Crippen molar-refractivity contribution in [2.75, 3.05) is 0 Å². The van der Waals surface area contributed by atoms with E-state index >= 15 is 0 Å². The molecule has 4 aromatic heterocycles. The van der Waals surface area contributed by atoms with E-state index in [0.717, 1.165) is 60.2 Å². The van der Waals surface area contributed by atoms with E-state index in [1.807, 2.05) is 18.2 Å². The summed E-state index contributed by atoms with van der Waals surface area (Å²) < 4.78 is 7.09. The van der Waals surface area contributed by atoms with E-state index in [2.05, 4.69) is 203 Å². The number of nitrogens with zero attached hydrogens (tertiary/aromatic N) is 5. The fraction of sp³-hybridized carbons (Fsp3) is 0. The van der Waals surface area contributed by atoms with Gasteiger partial charge in [0.05, 0.1) is 22.1 Å². The molecule has 13 rings (SSSR count). The van der Waals surface area contributed by atoms with E-state index in [-0.39, 0.29) is 0 Å². The minimum Gasteiger partial charge on any atom is -0.309 e. The Morgan fingerprint density at radius 2 is 0.857 bits per heavy atom. The summed E-state index contributed by atoms with van der Waals surface area (Å²) in [6.07, 6.45) is 0. The first-order valence-electron chi connectivity index (χ1n) is 21.2. The van der Waals surface area contributed by atoms with Gasteiger partial charge in [-0.15, -0.1) is 11.3 Å². The summed E-state index contributed by atoms with van der Waals surface area (Å²) in [4.78, 5) is 16.3. The highest BCUT2D eigenvalue weighted by molar-refractivity contribution is 7.26. The van der Waals surface area contributed by atoms with Gasteiger partial charge in [0.2, 0.25) is 0 Å². The van der Waals surface area contributed by atoms with Gasteiger partial charge in [-0.2, -0.15) is 0 Å². The van der Waals surface area contributed by atoms with Crippen molar-refractivity contribution >= 4 is 75.1 Å². The van der Waals surface area contributed by atoms with Crippen LogP contribution < -0.4 is 0 Å². The number of rotatable bonds is 6. The Morgan fingerprint density at radius 3 is 1.54 bits per heavy atom. The van der Waals surface area contributed by atoms with Crippen molar-refractivity contribution in [3.8, 4) is 56.7 Å². The summed E-state index contributed by atoms with van der Waals surface area (Å²) in [5, 5.41) is 7.12. The summed E-state index contributed by atoms with van der Waals surface area (Å²) in [5.41, 5.74) is 11.8. The molecular weight excluding hydrogens is 787 g/mol. The average molecular weight is 822 g/mol. The Labute approximate surface area is 366 Å². The minimum atomic E-state index is 0.618. The predicted octanol–water partition coefficient (Wildman–Crippen LogP) is 15.1. The lowest BCUT2D eigenvalue weighted by Gasteiger charge is -2.14. The highest BCUT2D eigenvalue weighted by Gasteiger charge is 2.23. The van der Waals surface area contributed by atoms with Crippen molar-refractivity contribution in [2.24, 2.45) is 0 Å². The zero-order valence-electron chi connectivity index (χ0n) is 33.9. The van der Waals surface area contributed by atoms with Gasteiger partial charge in [-0.05, 0) is 65.7 Å². The number of hydrogen-bond acceptors (Lipinski definition) is 4. The smallest absolute Gasteiger partial charge is 0.166 e. The molecule has 0 N–H and O–H groups in total. The molecule has 4 heterocycles. The second-order valence-corrected chi connectivity index (χ2v) is 17.0. The molecule has 13 aromatic rings. The molecule has 0 fully saturated rings. The third-order valence-corrected chi connectivity index (χ3v) is 13.6. The van der Waals surface area contributed by atoms with Crippen LogP contribution in [0, 0.1) is 0 Å². The second kappa shape index (κ2) is 14.2. The van der Waals surface area contributed by atoms with Crippen LogP contribution in [0.4, 0.5) is 0 Å². The molecule has 63 heavy (non-hydrogen) atoms. The quantitative estimate of drug-likeness (QED) is 0.168. The van der Waals surface area contributed by atoms with Crippen LogP contribution in [0.5, 0.6) is 0 Å². The van der Waals surface area contributed by atoms with Gasteiger partial charge in [0.1, 0.15) is 0 Å². The summed E-state index contributed by atoms with van der Waals surface area (Å²) in [6.45, 7) is 0. The van der Waals surface area contributed by atoms with Gasteiger partial charge in [-0.25, -0.2) is 15.0 Å². The molecule has 0 radical (unpaired) electrons. The van der Waals surface area contributed by atoms with E-state index < -0.39 is 0 Å². The summed E-state index contributed by atoms with van der Waals surface area (Å²) >= 11 is 1.80. The first kappa shape index (κ1) is 35.6. The van der Waals surface area contributed by atoms with Gasteiger partial charge in [0.25, 0.3) is 0 Å². The number of thiophene rings is 1. The Bertz CT molecular complexity index is 3850. The molecule has 0 bridgehead atoms. The van der Waals surface area contributed by atoms with E-state index in [1.165, 1.54) is 42.8 Å². The molecule has 0 spiro atoms. The molecule has 9 aromatic carbocycles. The molecule has 6 heteroatoms. The van der Waals surface area contributed by atoms with Gasteiger partial charge >= 0.3 is 0 Å². The Morgan fingerprint density at radius 1 is 0.317 bits per heavy atom. The SMILES string of the molecule is c1ccc(-c2ccc3c(c2)sc2c(-c4nc(-c5ccccc5)nc(-c5cccc6c7ccccc7n(-c7ccccc7)c56)n4)cc(-n4c5ccccc5c5ccccc54)cc23)cc1. The van der Waals surface area contributed by atoms with E-state index in [0.29, 0.717) is 17.5 Å². The van der Waals surface area contributed by atoms with Crippen LogP contribution in [-0.4, -0.2) is 24.1 Å². The van der Waals surface area contributed by atoms with Gasteiger partial charge in [-0.3, -0.25) is 0 Å². The molecule has 0 unspecified atom stereocenters. The second-order valence-electron chi connectivity index (χ2n) is 16.0. The first-order valence-corrected chi connectivity index (χ1v) is 22.0. The molecule has 0 aliphatic rings. The third-order valence-electron chi connectivity index (χ3n) is 12.4. The average Bonchev–Trinajstić information content (AvgIpc) is 4.02. The molecule has 0 aliphatic heterocycles. The fourth-order valence-corrected chi connectivity index (χ4v) is 10.8. The maximum absolute atomic E-state index is 5.55. The van der Waals surface area contributed by atoms with Crippen molar-refractivity contribution in [3.63, 3.8) is 0 Å². The lowest BCUT2D eigenvalue weighted by Crippen LogP contribution is -2.03. The molecule has 0 saturated carbocycles. The van der Waals surface area contributed by atoms with Crippen LogP contribution >= 0.6 is 11.3 Å². The summed E-state index contributed by atoms with van der Waals surface area (Å²) in [6, 6.07) is 75.5. The lowest BCUT2D eigenvalue weighted by atomic mass is 10.0. The normalized spacial score (nSPS) is 11.8. The summed E-state index contributed by atoms with van der Waals surface area (Å²) in [7, 11) is 0. The largest absolute Gasteiger partial charge is 0.309 e. The van der Waals surface area contributed by atoms with Crippen molar-refractivity contribution in [3.05, 3.63) is 212 Å². The first-order chi connectivity index (χ1) is 31.2. The van der Waals surface area contributed by atoms with Crippen LogP contribution in [0.1, 0.15) is 0 Å². The molecule has 0 atom stereocenters. The van der Waals surface area contributed by atoms with Gasteiger partial charge in [0, 0.05) is 69.8 Å². The monoisotopic (exact) mass is 821 g/mol. The van der Waals surface area contributed by atoms with Crippen molar-refractivity contribution in [1.29, 1.82) is 0 Å². The zero-order valence-corrected chi connectivity index (χ0v) is 34.7. The highest BCUT2D eigenvalue weighted by atomic mass is 32.1. The standard InChI is InChI=1S/C57H35N5S/c1-4-17-36(18-5-1)38-31-32-44-47-34-40(61-49-28-13-10-23-41(49)42-24-11-14-29-50(42)61)35-48(54(47)63-52(44)33-38)57-59-55(37-19-6-2-7-20-37)58-56(60-57)46-27-16-26-45-43-25-12-15-30-51(43)62(53(45)46)39-21-8-3-9-22-39/h1-35H. The zero-order chi connectivity index (χ0) is 41.4. The van der Waals surface area contributed by atoms with Gasteiger partial charge < -0.3 is 9.13 Å². The summed E-state index contributed by atoms with van der Waals surface area (Å²) in [5.74, 6) is 1.87. The van der Waals surface area contributed by atoms with Crippen LogP contribution in [-0.2, 0) is 0 Å². The Balaban J connectivity index is 1.13. The Kier molecular flexibility index (Phi) is 8.01. The molecule has 0 aliphatic carbocycles. The number of para-hydroxylation sites is 5. The number of benzene rings is 9. The van der Waals surface area contributed by atoms with Crippen LogP contribution in [0.15, 0.2) is 212 Å². The Hall–Kier alpha value is -8.19. The van der Waals surface area contributed by atoms with E-state index in [1.54, 1.807) is 11.3 Å². The van der Waals surface area contributed by atoms with Crippen molar-refractivity contribution in [2.45, 2.75) is 0 Å². The minimum absolute atomic E-state index is 0.618. The third kappa shape index (κ3) is 5.66. The lowest BCUT2D eigenvalue weighted by molar-refractivity contribution is 1.07. The van der Waals surface area contributed by atoms with E-state index in [9.17, 15) is 0 Å². The highest BCUT2D eigenvalue weighted by Crippen LogP contribution is 2.45. The molecular formula is C57H35N5S. The molecule has 294 valence electrons. The van der Waals surface area contributed by atoms with E-state index in [4.69, 9.17) is 15.0 Å². The predicted molar refractivity (Wildman–Crippen MR) is 263 cm³/mol. The van der Waals surface area contributed by atoms with Crippen LogP contribution in [0.2, 0.25) is 0 Å². The van der Waals surface area contributed by atoms with Crippen LogP contribution in [0.3, 0.4) is 0 Å². The molecule has 0 saturated heterocycles. The number of hydrogen-bond donors (Lipinski definition) is 0. The van der Waals surface area contributed by atoms with Gasteiger partial charge in [0.15, 0.2) is 17.5 Å². The van der Waals surface area contributed by atoms with Gasteiger partial charge in [-0.1, -0.05) is 158 Å². The molecule has 0 amide bonds. The van der Waals surface area contributed by atoms with Crippen LogP contribution in [0.25, 0.3) is 120 Å². The topological polar surface area (TPSA) is 48.5 Å². The fourth-order valence-electron chi connectivity index (χ4n) is 9.55. The maximum atomic E-state index is 5.55. The molecule has 5 nitrogen and oxygen atoms in total. The number of aromatic nitrogens is 5. The number of fused-ring (bicyclic) bond motifs is 9.